The van der Waals surface area contributed by atoms with Crippen LogP contribution in [0.1, 0.15) is 24.6 Å². The summed E-state index contributed by atoms with van der Waals surface area (Å²) < 4.78 is 0. The molecule has 0 aromatic carbocycles. The molecule has 1 aliphatic carbocycles. The Morgan fingerprint density at radius 3 is 2.78 bits per heavy atom. The molecule has 0 amide bonds. The fraction of sp³-hybridized carbons (Fsp3) is 0.500. The maximum absolute atomic E-state index is 2.35. The predicted molar refractivity (Wildman–Crippen MR) is 40.9 cm³/mol. The fourth-order valence-corrected chi connectivity index (χ4v) is 2.01. The molecule has 0 spiro atoms. The van der Waals surface area contributed by atoms with Gasteiger partial charge in [0.1, 0.15) is 0 Å². The van der Waals surface area contributed by atoms with Crippen molar-refractivity contribution in [1.82, 2.24) is 0 Å². The Morgan fingerprint density at radius 1 is 1.56 bits per heavy atom. The highest BCUT2D eigenvalue weighted by atomic mass is 32.1. The molecule has 0 aliphatic heterocycles. The molecule has 1 heterocycles. The van der Waals surface area contributed by atoms with Crippen molar-refractivity contribution in [3.8, 4) is 0 Å². The summed E-state index contributed by atoms with van der Waals surface area (Å²) in [7, 11) is 0. The standard InChI is InChI=1S/C8H10S/c1-8(4-5-8)7-3-2-6-9-7/h2-3,6H,4-5H2,1H3. The van der Waals surface area contributed by atoms with E-state index in [-0.39, 0.29) is 0 Å². The maximum Gasteiger partial charge on any atom is 0.0104 e. The first-order valence-corrected chi connectivity index (χ1v) is 4.23. The van der Waals surface area contributed by atoms with Crippen LogP contribution in [0.2, 0.25) is 0 Å². The van der Waals surface area contributed by atoms with E-state index in [9.17, 15) is 0 Å². The molecule has 48 valence electrons. The summed E-state index contributed by atoms with van der Waals surface area (Å²) in [5.74, 6) is 0. The number of hydrogen-bond acceptors (Lipinski definition) is 1. The molecule has 0 radical (unpaired) electrons. The lowest BCUT2D eigenvalue weighted by molar-refractivity contribution is 0.809. The van der Waals surface area contributed by atoms with Gasteiger partial charge in [0.05, 0.1) is 0 Å². The van der Waals surface area contributed by atoms with Crippen LogP contribution in [-0.2, 0) is 5.41 Å². The largest absolute Gasteiger partial charge is 0.148 e. The van der Waals surface area contributed by atoms with Gasteiger partial charge in [0.2, 0.25) is 0 Å². The lowest BCUT2D eigenvalue weighted by Gasteiger charge is -2.01. The Balaban J connectivity index is 2.34. The highest BCUT2D eigenvalue weighted by molar-refractivity contribution is 7.10. The molecule has 0 saturated heterocycles. The normalized spacial score (nSPS) is 21.9. The molecule has 0 nitrogen and oxygen atoms in total. The molecule has 1 aromatic rings. The lowest BCUT2D eigenvalue weighted by Crippen LogP contribution is -1.93. The van der Waals surface area contributed by atoms with Crippen LogP contribution in [0.3, 0.4) is 0 Å². The second kappa shape index (κ2) is 1.60. The van der Waals surface area contributed by atoms with Gasteiger partial charge in [0.25, 0.3) is 0 Å². The minimum atomic E-state index is 0.591. The van der Waals surface area contributed by atoms with E-state index < -0.39 is 0 Å². The summed E-state index contributed by atoms with van der Waals surface area (Å²) in [6.45, 7) is 2.35. The van der Waals surface area contributed by atoms with E-state index in [1.807, 2.05) is 11.3 Å². The quantitative estimate of drug-likeness (QED) is 0.559. The SMILES string of the molecule is CC1(c2cccs2)CC1. The average Bonchev–Trinajstić information content (AvgIpc) is 2.46. The number of hydrogen-bond donors (Lipinski definition) is 0. The van der Waals surface area contributed by atoms with Gasteiger partial charge in [0, 0.05) is 10.3 Å². The third-order valence-electron chi connectivity index (χ3n) is 2.12. The van der Waals surface area contributed by atoms with E-state index >= 15 is 0 Å². The molecule has 1 aromatic heterocycles. The molecule has 1 fully saturated rings. The molecule has 2 rings (SSSR count). The smallest absolute Gasteiger partial charge is 0.0104 e. The zero-order valence-electron chi connectivity index (χ0n) is 5.55. The van der Waals surface area contributed by atoms with Gasteiger partial charge in [-0.1, -0.05) is 13.0 Å². The van der Waals surface area contributed by atoms with Crippen LogP contribution < -0.4 is 0 Å². The van der Waals surface area contributed by atoms with Crippen LogP contribution in [0.4, 0.5) is 0 Å². The summed E-state index contributed by atoms with van der Waals surface area (Å²) in [4.78, 5) is 1.57. The molecule has 0 atom stereocenters. The van der Waals surface area contributed by atoms with Crippen molar-refractivity contribution >= 4 is 11.3 Å². The van der Waals surface area contributed by atoms with Gasteiger partial charge in [-0.25, -0.2) is 0 Å². The summed E-state index contributed by atoms with van der Waals surface area (Å²) in [5.41, 5.74) is 0.591. The van der Waals surface area contributed by atoms with Crippen LogP contribution >= 0.6 is 11.3 Å². The highest BCUT2D eigenvalue weighted by Crippen LogP contribution is 2.49. The van der Waals surface area contributed by atoms with Crippen LogP contribution in [0, 0.1) is 0 Å². The minimum absolute atomic E-state index is 0.591. The highest BCUT2D eigenvalue weighted by Gasteiger charge is 2.39. The van der Waals surface area contributed by atoms with Gasteiger partial charge in [-0.3, -0.25) is 0 Å². The average molecular weight is 138 g/mol. The van der Waals surface area contributed by atoms with Gasteiger partial charge in [-0.15, -0.1) is 11.3 Å². The monoisotopic (exact) mass is 138 g/mol. The van der Waals surface area contributed by atoms with Crippen molar-refractivity contribution in [2.75, 3.05) is 0 Å². The number of rotatable bonds is 1. The first kappa shape index (κ1) is 5.48. The molecule has 0 bridgehead atoms. The van der Waals surface area contributed by atoms with E-state index in [2.05, 4.69) is 24.4 Å². The van der Waals surface area contributed by atoms with Gasteiger partial charge < -0.3 is 0 Å². The topological polar surface area (TPSA) is 0 Å². The van der Waals surface area contributed by atoms with Crippen molar-refractivity contribution in [3.63, 3.8) is 0 Å². The molecule has 0 N–H and O–H groups in total. The van der Waals surface area contributed by atoms with Crippen molar-refractivity contribution in [2.45, 2.75) is 25.2 Å². The van der Waals surface area contributed by atoms with Gasteiger partial charge in [0.15, 0.2) is 0 Å². The Morgan fingerprint density at radius 2 is 2.33 bits per heavy atom. The van der Waals surface area contributed by atoms with Crippen molar-refractivity contribution in [2.24, 2.45) is 0 Å². The third kappa shape index (κ3) is 0.799. The van der Waals surface area contributed by atoms with Crippen LogP contribution in [-0.4, -0.2) is 0 Å². The van der Waals surface area contributed by atoms with Gasteiger partial charge in [-0.05, 0) is 24.3 Å². The van der Waals surface area contributed by atoms with Crippen molar-refractivity contribution in [3.05, 3.63) is 22.4 Å². The van der Waals surface area contributed by atoms with E-state index in [4.69, 9.17) is 0 Å². The second-order valence-electron chi connectivity index (χ2n) is 3.04. The van der Waals surface area contributed by atoms with Crippen LogP contribution in [0.25, 0.3) is 0 Å². The lowest BCUT2D eigenvalue weighted by atomic mass is 10.1. The van der Waals surface area contributed by atoms with E-state index in [1.54, 1.807) is 4.88 Å². The van der Waals surface area contributed by atoms with E-state index in [0.717, 1.165) is 0 Å². The molecular weight excluding hydrogens is 128 g/mol. The van der Waals surface area contributed by atoms with Gasteiger partial charge >= 0.3 is 0 Å². The van der Waals surface area contributed by atoms with Crippen LogP contribution in [0.15, 0.2) is 17.5 Å². The zero-order valence-corrected chi connectivity index (χ0v) is 6.37. The van der Waals surface area contributed by atoms with E-state index in [0.29, 0.717) is 5.41 Å². The second-order valence-corrected chi connectivity index (χ2v) is 3.99. The maximum atomic E-state index is 2.35. The van der Waals surface area contributed by atoms with E-state index in [1.165, 1.54) is 12.8 Å². The summed E-state index contributed by atoms with van der Waals surface area (Å²) >= 11 is 1.89. The Labute approximate surface area is 59.5 Å². The molecule has 0 unspecified atom stereocenters. The fourth-order valence-electron chi connectivity index (χ4n) is 1.06. The predicted octanol–water partition coefficient (Wildman–Crippen LogP) is 2.80. The number of thiophene rings is 1. The zero-order chi connectivity index (χ0) is 6.32. The Bertz CT molecular complexity index is 194. The summed E-state index contributed by atoms with van der Waals surface area (Å²) in [6.07, 6.45) is 2.79. The molecular formula is C8H10S. The molecule has 1 heteroatoms. The van der Waals surface area contributed by atoms with Crippen LogP contribution in [0.5, 0.6) is 0 Å². The first-order chi connectivity index (χ1) is 4.31. The summed E-state index contributed by atoms with van der Waals surface area (Å²) in [5, 5.41) is 2.17. The first-order valence-electron chi connectivity index (χ1n) is 3.35. The summed E-state index contributed by atoms with van der Waals surface area (Å²) in [6, 6.07) is 4.39. The minimum Gasteiger partial charge on any atom is -0.148 e. The third-order valence-corrected chi connectivity index (χ3v) is 3.29. The molecule has 9 heavy (non-hydrogen) atoms. The molecule has 1 saturated carbocycles. The Kier molecular flexibility index (Phi) is 0.974. The van der Waals surface area contributed by atoms with Gasteiger partial charge in [-0.2, -0.15) is 0 Å². The van der Waals surface area contributed by atoms with Crippen molar-refractivity contribution < 1.29 is 0 Å². The Hall–Kier alpha value is -0.300. The van der Waals surface area contributed by atoms with Crippen molar-refractivity contribution in [1.29, 1.82) is 0 Å². The molecule has 1 aliphatic rings.